The molecular formula is C27H28N6O2. The summed E-state index contributed by atoms with van der Waals surface area (Å²) in [6, 6.07) is 19.2. The number of carbonyl (C=O) groups is 1. The molecule has 1 aliphatic heterocycles. The Balaban J connectivity index is 1.45. The van der Waals surface area contributed by atoms with Gasteiger partial charge in [0.25, 0.3) is 5.91 Å². The summed E-state index contributed by atoms with van der Waals surface area (Å²) in [5.41, 5.74) is 7.96. The lowest BCUT2D eigenvalue weighted by molar-refractivity contribution is -0.128. The van der Waals surface area contributed by atoms with E-state index in [1.807, 2.05) is 67.7 Å². The van der Waals surface area contributed by atoms with E-state index in [9.17, 15) is 4.79 Å². The second-order valence-corrected chi connectivity index (χ2v) is 8.60. The Morgan fingerprint density at radius 3 is 2.46 bits per heavy atom. The van der Waals surface area contributed by atoms with Gasteiger partial charge in [0, 0.05) is 26.7 Å². The number of carbonyl (C=O) groups excluding carboxylic acids is 1. The van der Waals surface area contributed by atoms with Crippen LogP contribution < -0.4 is 15.4 Å². The highest BCUT2D eigenvalue weighted by molar-refractivity contribution is 5.96. The van der Waals surface area contributed by atoms with Crippen LogP contribution in [-0.4, -0.2) is 47.5 Å². The molecule has 178 valence electrons. The van der Waals surface area contributed by atoms with Crippen molar-refractivity contribution in [2.24, 2.45) is 5.92 Å². The van der Waals surface area contributed by atoms with Crippen molar-refractivity contribution >= 4 is 17.5 Å². The van der Waals surface area contributed by atoms with E-state index in [1.54, 1.807) is 4.90 Å². The van der Waals surface area contributed by atoms with Crippen LogP contribution in [0.3, 0.4) is 0 Å². The number of nitrogen functional groups attached to an aromatic ring is 1. The van der Waals surface area contributed by atoms with Crippen molar-refractivity contribution in [1.29, 1.82) is 5.26 Å². The van der Waals surface area contributed by atoms with Gasteiger partial charge in [0.2, 0.25) is 0 Å². The maximum atomic E-state index is 12.2. The van der Waals surface area contributed by atoms with Gasteiger partial charge in [0.1, 0.15) is 41.1 Å². The van der Waals surface area contributed by atoms with Crippen molar-refractivity contribution < 1.29 is 9.53 Å². The van der Waals surface area contributed by atoms with Gasteiger partial charge in [-0.25, -0.2) is 9.97 Å². The van der Waals surface area contributed by atoms with E-state index in [-0.39, 0.29) is 11.5 Å². The number of aromatic nitrogens is 2. The molecule has 1 aliphatic rings. The number of likely N-dealkylation sites (tertiary alicyclic amines) is 1. The number of benzene rings is 2. The summed E-state index contributed by atoms with van der Waals surface area (Å²) in [6.45, 7) is 5.52. The van der Waals surface area contributed by atoms with Crippen LogP contribution >= 0.6 is 0 Å². The molecule has 3 aromatic rings. The zero-order chi connectivity index (χ0) is 24.8. The Morgan fingerprint density at radius 1 is 1.14 bits per heavy atom. The van der Waals surface area contributed by atoms with Gasteiger partial charge in [-0.05, 0) is 48.6 Å². The van der Waals surface area contributed by atoms with Gasteiger partial charge in [0.05, 0.1) is 5.56 Å². The third-order valence-corrected chi connectivity index (χ3v) is 6.17. The lowest BCUT2D eigenvalue weighted by Crippen LogP contribution is -2.41. The predicted molar refractivity (Wildman–Crippen MR) is 136 cm³/mol. The fraction of sp³-hybridized carbons (Fsp3) is 0.259. The van der Waals surface area contributed by atoms with Gasteiger partial charge in [-0.1, -0.05) is 36.9 Å². The molecular weight excluding hydrogens is 440 g/mol. The molecule has 8 nitrogen and oxygen atoms in total. The minimum atomic E-state index is -0.273. The fourth-order valence-electron chi connectivity index (χ4n) is 4.30. The minimum Gasteiger partial charge on any atom is -0.457 e. The first-order valence-corrected chi connectivity index (χ1v) is 11.5. The molecule has 0 unspecified atom stereocenters. The molecule has 0 radical (unpaired) electrons. The maximum absolute atomic E-state index is 12.2. The maximum Gasteiger partial charge on any atom is 0.263 e. The van der Waals surface area contributed by atoms with Crippen molar-refractivity contribution in [2.45, 2.75) is 12.8 Å². The number of nitriles is 1. The standard InChI is InChI=1S/C27H28N6O2/c1-19(16-28)27(34)33-14-12-20(13-15-33)17-32(2)26-24(25(29)30-18-31-26)21-8-10-23(11-9-21)35-22-6-4-3-5-7-22/h3-11,18,20H,1,12-15,17H2,2H3,(H2,29,30,31). The van der Waals surface area contributed by atoms with Crippen molar-refractivity contribution in [2.75, 3.05) is 37.3 Å². The molecule has 1 fully saturated rings. The largest absolute Gasteiger partial charge is 0.457 e. The van der Waals surface area contributed by atoms with E-state index in [4.69, 9.17) is 15.7 Å². The van der Waals surface area contributed by atoms with Gasteiger partial charge >= 0.3 is 0 Å². The molecule has 2 N–H and O–H groups in total. The Bertz CT molecular complexity index is 1230. The fourth-order valence-corrected chi connectivity index (χ4v) is 4.30. The number of para-hydroxylation sites is 1. The zero-order valence-corrected chi connectivity index (χ0v) is 19.7. The molecule has 0 aliphatic carbocycles. The van der Waals surface area contributed by atoms with Crippen LogP contribution in [0.5, 0.6) is 11.5 Å². The molecule has 8 heteroatoms. The normalized spacial score (nSPS) is 13.7. The number of hydrogen-bond donors (Lipinski definition) is 1. The number of nitrogens with zero attached hydrogens (tertiary/aromatic N) is 5. The van der Waals surface area contributed by atoms with Crippen molar-refractivity contribution in [3.63, 3.8) is 0 Å². The van der Waals surface area contributed by atoms with Gasteiger partial charge < -0.3 is 20.3 Å². The van der Waals surface area contributed by atoms with E-state index >= 15 is 0 Å². The highest BCUT2D eigenvalue weighted by Gasteiger charge is 2.26. The summed E-state index contributed by atoms with van der Waals surface area (Å²) in [5.74, 6) is 2.77. The first-order valence-electron chi connectivity index (χ1n) is 11.5. The van der Waals surface area contributed by atoms with Crippen molar-refractivity contribution in [3.8, 4) is 28.7 Å². The molecule has 1 aromatic heterocycles. The van der Waals surface area contributed by atoms with Crippen LogP contribution in [0.1, 0.15) is 12.8 Å². The van der Waals surface area contributed by atoms with E-state index in [0.29, 0.717) is 24.8 Å². The van der Waals surface area contributed by atoms with Gasteiger partial charge in [-0.15, -0.1) is 0 Å². The lowest BCUT2D eigenvalue weighted by Gasteiger charge is -2.34. The summed E-state index contributed by atoms with van der Waals surface area (Å²) < 4.78 is 5.90. The average Bonchev–Trinajstić information content (AvgIpc) is 2.89. The molecule has 2 heterocycles. The first kappa shape index (κ1) is 23.8. The van der Waals surface area contributed by atoms with Crippen LogP contribution in [-0.2, 0) is 4.79 Å². The average molecular weight is 469 g/mol. The highest BCUT2D eigenvalue weighted by atomic mass is 16.5. The van der Waals surface area contributed by atoms with Crippen LogP contribution in [0.4, 0.5) is 11.6 Å². The summed E-state index contributed by atoms with van der Waals surface area (Å²) in [4.78, 5) is 24.8. The Hall–Kier alpha value is -4.38. The second-order valence-electron chi connectivity index (χ2n) is 8.60. The van der Waals surface area contributed by atoms with Crippen molar-refractivity contribution in [3.05, 3.63) is 73.1 Å². The smallest absolute Gasteiger partial charge is 0.263 e. The molecule has 1 amide bonds. The van der Waals surface area contributed by atoms with Gasteiger partial charge in [0.15, 0.2) is 0 Å². The number of anilines is 2. The van der Waals surface area contributed by atoms with Crippen LogP contribution in [0.15, 0.2) is 73.1 Å². The minimum absolute atomic E-state index is 0.0122. The molecule has 2 aromatic carbocycles. The van der Waals surface area contributed by atoms with Crippen LogP contribution in [0, 0.1) is 17.2 Å². The molecule has 0 saturated carbocycles. The Morgan fingerprint density at radius 2 is 1.80 bits per heavy atom. The zero-order valence-electron chi connectivity index (χ0n) is 19.7. The predicted octanol–water partition coefficient (Wildman–Crippen LogP) is 4.27. The van der Waals surface area contributed by atoms with Crippen LogP contribution in [0.2, 0.25) is 0 Å². The topological polar surface area (TPSA) is 108 Å². The summed E-state index contributed by atoms with van der Waals surface area (Å²) in [5, 5.41) is 8.92. The monoisotopic (exact) mass is 468 g/mol. The SMILES string of the molecule is C=C(C#N)C(=O)N1CCC(CN(C)c2ncnc(N)c2-c2ccc(Oc3ccccc3)cc2)CC1. The number of nitrogens with two attached hydrogens (primary N) is 1. The summed E-state index contributed by atoms with van der Waals surface area (Å²) in [6.07, 6.45) is 3.17. The number of hydrogen-bond acceptors (Lipinski definition) is 7. The third kappa shape index (κ3) is 5.58. The van der Waals surface area contributed by atoms with Gasteiger partial charge in [-0.2, -0.15) is 5.26 Å². The first-order chi connectivity index (χ1) is 17.0. The number of amides is 1. The van der Waals surface area contributed by atoms with Crippen LogP contribution in [0.25, 0.3) is 11.1 Å². The number of rotatable bonds is 7. The molecule has 1 saturated heterocycles. The van der Waals surface area contributed by atoms with E-state index in [0.717, 1.165) is 47.8 Å². The van der Waals surface area contributed by atoms with Gasteiger partial charge in [-0.3, -0.25) is 4.79 Å². The Kier molecular flexibility index (Phi) is 7.27. The highest BCUT2D eigenvalue weighted by Crippen LogP contribution is 2.35. The van der Waals surface area contributed by atoms with Crippen molar-refractivity contribution in [1.82, 2.24) is 14.9 Å². The number of piperidine rings is 1. The van der Waals surface area contributed by atoms with E-state index in [2.05, 4.69) is 21.4 Å². The quantitative estimate of drug-likeness (QED) is 0.407. The van der Waals surface area contributed by atoms with E-state index in [1.165, 1.54) is 6.33 Å². The second kappa shape index (κ2) is 10.7. The molecule has 4 rings (SSSR count). The molecule has 0 atom stereocenters. The lowest BCUT2D eigenvalue weighted by atomic mass is 9.95. The molecule has 35 heavy (non-hydrogen) atoms. The third-order valence-electron chi connectivity index (χ3n) is 6.17. The summed E-state index contributed by atoms with van der Waals surface area (Å²) in [7, 11) is 1.99. The molecule has 0 bridgehead atoms. The number of ether oxygens (including phenoxy) is 1. The Labute approximate surface area is 205 Å². The van der Waals surface area contributed by atoms with E-state index < -0.39 is 0 Å². The summed E-state index contributed by atoms with van der Waals surface area (Å²) >= 11 is 0. The molecule has 0 spiro atoms.